The number of aromatic nitrogens is 2. The van der Waals surface area contributed by atoms with Crippen molar-refractivity contribution in [3.63, 3.8) is 0 Å². The summed E-state index contributed by atoms with van der Waals surface area (Å²) in [7, 11) is 0. The molecule has 6 nitrogen and oxygen atoms in total. The number of hydrogen-bond donors (Lipinski definition) is 0. The van der Waals surface area contributed by atoms with E-state index in [9.17, 15) is 0 Å². The summed E-state index contributed by atoms with van der Waals surface area (Å²) in [5.74, 6) is 3.17. The highest BCUT2D eigenvalue weighted by Crippen LogP contribution is 2.45. The van der Waals surface area contributed by atoms with Gasteiger partial charge in [0.25, 0.3) is 0 Å². The average Bonchev–Trinajstić information content (AvgIpc) is 3.27. The third-order valence-corrected chi connectivity index (χ3v) is 6.29. The molecule has 0 spiro atoms. The van der Waals surface area contributed by atoms with Crippen LogP contribution in [0.25, 0.3) is 0 Å². The van der Waals surface area contributed by atoms with Gasteiger partial charge in [-0.1, -0.05) is 0 Å². The first-order valence-electron chi connectivity index (χ1n) is 9.29. The monoisotopic (exact) mass is 494 g/mol. The molecule has 2 saturated heterocycles. The maximum atomic E-state index is 6.04. The van der Waals surface area contributed by atoms with Crippen LogP contribution in [-0.2, 0) is 4.74 Å². The van der Waals surface area contributed by atoms with Crippen LogP contribution >= 0.6 is 31.9 Å². The van der Waals surface area contributed by atoms with Crippen LogP contribution in [0.2, 0.25) is 0 Å². The van der Waals surface area contributed by atoms with Gasteiger partial charge >= 0.3 is 0 Å². The van der Waals surface area contributed by atoms with Crippen LogP contribution in [0.5, 0.6) is 11.5 Å². The van der Waals surface area contributed by atoms with E-state index < -0.39 is 0 Å². The fourth-order valence-corrected chi connectivity index (χ4v) is 4.77. The summed E-state index contributed by atoms with van der Waals surface area (Å²) in [5.41, 5.74) is 0. The Kier molecular flexibility index (Phi) is 4.83. The Morgan fingerprint density at radius 3 is 2.26 bits per heavy atom. The maximum absolute atomic E-state index is 6.04. The first kappa shape index (κ1) is 17.8. The standard InChI is InChI=1S/C19H20Br2N4O2/c20-12-5-16-18(22-8-12)25(19-17(27-16)6-13(21)9-23-19)4-2-1-3-24-10-15-7-14(24)11-26-15/h5-6,8-9,14-15H,1-4,7,10-11H2/t14-,15-/m0/s1. The fraction of sp³-hybridized carbons (Fsp3) is 0.474. The van der Waals surface area contributed by atoms with Crippen LogP contribution in [0.4, 0.5) is 11.6 Å². The highest BCUT2D eigenvalue weighted by Gasteiger charge is 2.38. The predicted octanol–water partition coefficient (Wildman–Crippen LogP) is 4.50. The molecular formula is C19H20Br2N4O2. The second kappa shape index (κ2) is 7.31. The summed E-state index contributed by atoms with van der Waals surface area (Å²) in [6.07, 6.45) is 7.52. The van der Waals surface area contributed by atoms with Gasteiger partial charge in [-0.15, -0.1) is 0 Å². The predicted molar refractivity (Wildman–Crippen MR) is 110 cm³/mol. The maximum Gasteiger partial charge on any atom is 0.177 e. The van der Waals surface area contributed by atoms with Gasteiger partial charge < -0.3 is 14.4 Å². The fourth-order valence-electron chi connectivity index (χ4n) is 4.15. The molecule has 0 saturated carbocycles. The largest absolute Gasteiger partial charge is 0.449 e. The first-order valence-corrected chi connectivity index (χ1v) is 10.9. The lowest BCUT2D eigenvalue weighted by molar-refractivity contribution is 0.0301. The smallest absolute Gasteiger partial charge is 0.177 e. The lowest BCUT2D eigenvalue weighted by Crippen LogP contribution is -2.37. The van der Waals surface area contributed by atoms with E-state index in [0.717, 1.165) is 71.2 Å². The van der Waals surface area contributed by atoms with Crippen LogP contribution < -0.4 is 9.64 Å². The van der Waals surface area contributed by atoms with Crippen LogP contribution in [0.1, 0.15) is 19.3 Å². The molecule has 27 heavy (non-hydrogen) atoms. The van der Waals surface area contributed by atoms with Crippen LogP contribution in [-0.4, -0.2) is 53.3 Å². The molecule has 0 N–H and O–H groups in total. The molecule has 2 aromatic rings. The zero-order chi connectivity index (χ0) is 18.4. The number of morpholine rings is 1. The number of ether oxygens (including phenoxy) is 2. The van der Waals surface area contributed by atoms with Crippen molar-refractivity contribution in [3.05, 3.63) is 33.5 Å². The highest BCUT2D eigenvalue weighted by atomic mass is 79.9. The first-order chi connectivity index (χ1) is 13.2. The van der Waals surface area contributed by atoms with Crippen molar-refractivity contribution in [2.24, 2.45) is 0 Å². The molecule has 2 bridgehead atoms. The molecule has 3 aliphatic heterocycles. The Hall–Kier alpha value is -1.22. The zero-order valence-electron chi connectivity index (χ0n) is 14.8. The van der Waals surface area contributed by atoms with Crippen molar-refractivity contribution < 1.29 is 9.47 Å². The quantitative estimate of drug-likeness (QED) is 0.569. The Morgan fingerprint density at radius 1 is 1.00 bits per heavy atom. The minimum Gasteiger partial charge on any atom is -0.449 e. The van der Waals surface area contributed by atoms with Gasteiger partial charge in [0.2, 0.25) is 0 Å². The number of rotatable bonds is 5. The van der Waals surface area contributed by atoms with Crippen LogP contribution in [0, 0.1) is 0 Å². The van der Waals surface area contributed by atoms with Gasteiger partial charge in [-0.25, -0.2) is 9.97 Å². The van der Waals surface area contributed by atoms with Gasteiger partial charge in [0.1, 0.15) is 0 Å². The molecule has 2 fully saturated rings. The van der Waals surface area contributed by atoms with Crippen LogP contribution in [0.15, 0.2) is 33.5 Å². The molecule has 5 heterocycles. The van der Waals surface area contributed by atoms with Crippen molar-refractivity contribution in [2.75, 3.05) is 31.1 Å². The number of hydrogen-bond acceptors (Lipinski definition) is 6. The van der Waals surface area contributed by atoms with Crippen LogP contribution in [0.3, 0.4) is 0 Å². The van der Waals surface area contributed by atoms with E-state index in [4.69, 9.17) is 9.47 Å². The topological polar surface area (TPSA) is 50.7 Å². The van der Waals surface area contributed by atoms with Gasteiger partial charge in [-0.05, 0) is 57.7 Å². The summed E-state index contributed by atoms with van der Waals surface area (Å²) < 4.78 is 13.5. The van der Waals surface area contributed by atoms with Gasteiger partial charge in [0, 0.05) is 52.6 Å². The van der Waals surface area contributed by atoms with E-state index in [-0.39, 0.29) is 0 Å². The van der Waals surface area contributed by atoms with E-state index in [0.29, 0.717) is 12.1 Å². The number of likely N-dealkylation sites (tertiary alicyclic amines) is 1. The molecule has 0 unspecified atom stereocenters. The summed E-state index contributed by atoms with van der Waals surface area (Å²) in [6.45, 7) is 4.01. The molecule has 2 aromatic heterocycles. The second-order valence-electron chi connectivity index (χ2n) is 7.25. The van der Waals surface area contributed by atoms with Gasteiger partial charge in [0.05, 0.1) is 12.7 Å². The number of anilines is 2. The van der Waals surface area contributed by atoms with E-state index in [1.807, 2.05) is 12.1 Å². The highest BCUT2D eigenvalue weighted by molar-refractivity contribution is 9.10. The molecule has 0 aromatic carbocycles. The third kappa shape index (κ3) is 3.48. The van der Waals surface area contributed by atoms with Crippen molar-refractivity contribution in [3.8, 4) is 11.5 Å². The third-order valence-electron chi connectivity index (χ3n) is 5.42. The lowest BCUT2D eigenvalue weighted by Gasteiger charge is -2.31. The van der Waals surface area contributed by atoms with Crippen molar-refractivity contribution in [1.82, 2.24) is 14.9 Å². The number of halogens is 2. The normalized spacial score (nSPS) is 23.3. The Morgan fingerprint density at radius 2 is 1.67 bits per heavy atom. The molecular weight excluding hydrogens is 476 g/mol. The number of pyridine rings is 2. The average molecular weight is 496 g/mol. The Bertz CT molecular complexity index is 814. The number of unbranched alkanes of at least 4 members (excludes halogenated alkanes) is 1. The minimum absolute atomic E-state index is 0.471. The van der Waals surface area contributed by atoms with Crippen molar-refractivity contribution in [1.29, 1.82) is 0 Å². The molecule has 8 heteroatoms. The lowest BCUT2D eigenvalue weighted by atomic mass is 10.2. The van der Waals surface area contributed by atoms with E-state index in [2.05, 4.69) is 51.6 Å². The molecule has 0 amide bonds. The van der Waals surface area contributed by atoms with Crippen molar-refractivity contribution in [2.45, 2.75) is 31.4 Å². The molecule has 5 rings (SSSR count). The molecule has 2 atom stereocenters. The van der Waals surface area contributed by atoms with E-state index >= 15 is 0 Å². The van der Waals surface area contributed by atoms with Gasteiger partial charge in [-0.2, -0.15) is 0 Å². The van der Waals surface area contributed by atoms with E-state index in [1.54, 1.807) is 12.4 Å². The summed E-state index contributed by atoms with van der Waals surface area (Å²) in [6, 6.07) is 4.55. The summed E-state index contributed by atoms with van der Waals surface area (Å²) >= 11 is 6.96. The molecule has 0 aliphatic carbocycles. The molecule has 142 valence electrons. The number of nitrogens with zero attached hydrogens (tertiary/aromatic N) is 4. The zero-order valence-corrected chi connectivity index (χ0v) is 17.9. The Labute approximate surface area is 175 Å². The molecule has 3 aliphatic rings. The van der Waals surface area contributed by atoms with Gasteiger partial charge in [-0.3, -0.25) is 4.90 Å². The summed E-state index contributed by atoms with van der Waals surface area (Å²) in [4.78, 5) is 13.9. The van der Waals surface area contributed by atoms with Gasteiger partial charge in [0.15, 0.2) is 23.1 Å². The second-order valence-corrected chi connectivity index (χ2v) is 9.08. The molecule has 0 radical (unpaired) electrons. The minimum atomic E-state index is 0.471. The Balaban J connectivity index is 1.29. The SMILES string of the molecule is Brc1cnc2c(c1)Oc1cc(Br)cnc1N2CCCCN1C[C@@H]2C[C@H]1CO2. The van der Waals surface area contributed by atoms with Crippen molar-refractivity contribution >= 4 is 43.5 Å². The number of fused-ring (bicyclic) bond motifs is 4. The van der Waals surface area contributed by atoms with E-state index in [1.165, 1.54) is 6.42 Å². The summed E-state index contributed by atoms with van der Waals surface area (Å²) in [5, 5.41) is 0.